The topological polar surface area (TPSA) is 68.6 Å². The van der Waals surface area contributed by atoms with E-state index in [0.29, 0.717) is 16.4 Å². The van der Waals surface area contributed by atoms with Crippen molar-refractivity contribution in [3.8, 4) is 17.6 Å². The first-order valence-electron chi connectivity index (χ1n) is 5.85. The summed E-state index contributed by atoms with van der Waals surface area (Å²) in [6, 6.07) is 7.40. The highest BCUT2D eigenvalue weighted by atomic mass is 32.1. The number of fused-ring (bicyclic) bond motifs is 1. The van der Waals surface area contributed by atoms with Crippen LogP contribution in [0.3, 0.4) is 0 Å². The van der Waals surface area contributed by atoms with E-state index in [2.05, 4.69) is 0 Å². The SMILES string of the molecule is COC(=O)c1sc2ccc(OC)cc2c1OC(C)C#N. The molecule has 0 aliphatic rings. The highest BCUT2D eigenvalue weighted by Crippen LogP contribution is 2.40. The highest BCUT2D eigenvalue weighted by molar-refractivity contribution is 7.21. The molecule has 0 fully saturated rings. The van der Waals surface area contributed by atoms with E-state index in [1.54, 1.807) is 26.2 Å². The molecule has 1 aromatic carbocycles. The van der Waals surface area contributed by atoms with Crippen LogP contribution in [0, 0.1) is 11.3 Å². The van der Waals surface area contributed by atoms with Gasteiger partial charge in [-0.05, 0) is 25.1 Å². The Morgan fingerprint density at radius 2 is 2.15 bits per heavy atom. The van der Waals surface area contributed by atoms with Crippen molar-refractivity contribution in [3.05, 3.63) is 23.1 Å². The van der Waals surface area contributed by atoms with Crippen LogP contribution in [-0.4, -0.2) is 26.3 Å². The van der Waals surface area contributed by atoms with Crippen LogP contribution in [0.25, 0.3) is 10.1 Å². The van der Waals surface area contributed by atoms with Gasteiger partial charge in [-0.2, -0.15) is 5.26 Å². The van der Waals surface area contributed by atoms with Gasteiger partial charge in [0.25, 0.3) is 0 Å². The second-order valence-corrected chi connectivity index (χ2v) is 5.06. The predicted octanol–water partition coefficient (Wildman–Crippen LogP) is 2.99. The molecule has 1 atom stereocenters. The van der Waals surface area contributed by atoms with Crippen molar-refractivity contribution in [2.75, 3.05) is 14.2 Å². The molecule has 5 nitrogen and oxygen atoms in total. The van der Waals surface area contributed by atoms with E-state index in [9.17, 15) is 4.79 Å². The number of carbonyl (C=O) groups is 1. The Bertz CT molecular complexity index is 686. The second-order valence-electron chi connectivity index (χ2n) is 4.00. The van der Waals surface area contributed by atoms with Crippen molar-refractivity contribution in [1.82, 2.24) is 0 Å². The van der Waals surface area contributed by atoms with Crippen LogP contribution in [0.1, 0.15) is 16.6 Å². The van der Waals surface area contributed by atoms with Crippen molar-refractivity contribution in [3.63, 3.8) is 0 Å². The first kappa shape index (κ1) is 14.2. The maximum atomic E-state index is 11.8. The molecule has 6 heteroatoms. The number of hydrogen-bond donors (Lipinski definition) is 0. The van der Waals surface area contributed by atoms with Crippen LogP contribution in [0.5, 0.6) is 11.5 Å². The minimum absolute atomic E-state index is 0.345. The standard InChI is InChI=1S/C14H13NO4S/c1-8(7-15)19-12-10-6-9(17-2)4-5-11(10)20-13(12)14(16)18-3/h4-6,8H,1-3H3. The smallest absolute Gasteiger partial charge is 0.351 e. The lowest BCUT2D eigenvalue weighted by Crippen LogP contribution is -2.10. The van der Waals surface area contributed by atoms with Crippen LogP contribution in [0.4, 0.5) is 0 Å². The number of methoxy groups -OCH3 is 2. The molecule has 0 N–H and O–H groups in total. The predicted molar refractivity (Wildman–Crippen MR) is 75.4 cm³/mol. The Hall–Kier alpha value is -2.26. The number of benzene rings is 1. The molecule has 0 aliphatic carbocycles. The van der Waals surface area contributed by atoms with Gasteiger partial charge in [0.05, 0.1) is 14.2 Å². The Balaban J connectivity index is 2.63. The van der Waals surface area contributed by atoms with Crippen molar-refractivity contribution >= 4 is 27.4 Å². The normalized spacial score (nSPS) is 11.7. The monoisotopic (exact) mass is 291 g/mol. The Morgan fingerprint density at radius 1 is 1.40 bits per heavy atom. The zero-order chi connectivity index (χ0) is 14.7. The van der Waals surface area contributed by atoms with Crippen LogP contribution >= 0.6 is 11.3 Å². The van der Waals surface area contributed by atoms with E-state index in [1.807, 2.05) is 12.1 Å². The molecular formula is C14H13NO4S. The van der Waals surface area contributed by atoms with E-state index >= 15 is 0 Å². The molecule has 0 saturated carbocycles. The van der Waals surface area contributed by atoms with Gasteiger partial charge in [0.15, 0.2) is 16.7 Å². The second kappa shape index (κ2) is 5.80. The summed E-state index contributed by atoms with van der Waals surface area (Å²) < 4.78 is 16.4. The summed E-state index contributed by atoms with van der Waals surface area (Å²) in [7, 11) is 2.87. The molecule has 20 heavy (non-hydrogen) atoms. The minimum atomic E-state index is -0.664. The molecule has 0 radical (unpaired) electrons. The molecule has 1 aromatic heterocycles. The van der Waals surface area contributed by atoms with Gasteiger partial charge < -0.3 is 14.2 Å². The number of ether oxygens (including phenoxy) is 3. The first-order valence-corrected chi connectivity index (χ1v) is 6.67. The first-order chi connectivity index (χ1) is 9.60. The van der Waals surface area contributed by atoms with Gasteiger partial charge >= 0.3 is 5.97 Å². The maximum absolute atomic E-state index is 11.8. The fourth-order valence-corrected chi connectivity index (χ4v) is 2.76. The molecule has 2 rings (SSSR count). The van der Waals surface area contributed by atoms with Gasteiger partial charge in [0.2, 0.25) is 0 Å². The molecule has 1 heterocycles. The fourth-order valence-electron chi connectivity index (χ4n) is 1.73. The molecule has 0 bridgehead atoms. The third kappa shape index (κ3) is 2.53. The number of rotatable bonds is 4. The summed E-state index contributed by atoms with van der Waals surface area (Å²) in [4.78, 5) is 12.2. The molecular weight excluding hydrogens is 278 g/mol. The summed E-state index contributed by atoms with van der Waals surface area (Å²) in [5.74, 6) is 0.538. The molecule has 0 aliphatic heterocycles. The summed E-state index contributed by atoms with van der Waals surface area (Å²) >= 11 is 1.26. The fraction of sp³-hybridized carbons (Fsp3) is 0.286. The summed E-state index contributed by atoms with van der Waals surface area (Å²) in [6.07, 6.45) is -0.664. The quantitative estimate of drug-likeness (QED) is 0.810. The third-order valence-corrected chi connectivity index (χ3v) is 3.83. The molecule has 0 saturated heterocycles. The van der Waals surface area contributed by atoms with Crippen molar-refractivity contribution in [2.45, 2.75) is 13.0 Å². The van der Waals surface area contributed by atoms with Crippen LogP contribution in [-0.2, 0) is 4.74 Å². The summed E-state index contributed by atoms with van der Waals surface area (Å²) in [5, 5.41) is 9.61. The molecule has 0 spiro atoms. The number of esters is 1. The van der Waals surface area contributed by atoms with Crippen molar-refractivity contribution in [1.29, 1.82) is 5.26 Å². The Kier molecular flexibility index (Phi) is 4.11. The lowest BCUT2D eigenvalue weighted by atomic mass is 10.2. The Labute approximate surface area is 120 Å². The van der Waals surface area contributed by atoms with Crippen LogP contribution in [0.15, 0.2) is 18.2 Å². The number of thiophene rings is 1. The number of nitriles is 1. The number of hydrogen-bond acceptors (Lipinski definition) is 6. The lowest BCUT2D eigenvalue weighted by molar-refractivity contribution is 0.0601. The largest absolute Gasteiger partial charge is 0.497 e. The van der Waals surface area contributed by atoms with Crippen LogP contribution < -0.4 is 9.47 Å². The van der Waals surface area contributed by atoms with E-state index in [0.717, 1.165) is 10.1 Å². The molecule has 0 amide bonds. The average molecular weight is 291 g/mol. The molecule has 104 valence electrons. The minimum Gasteiger partial charge on any atom is -0.497 e. The van der Waals surface area contributed by atoms with E-state index < -0.39 is 12.1 Å². The van der Waals surface area contributed by atoms with Gasteiger partial charge in [-0.25, -0.2) is 4.79 Å². The average Bonchev–Trinajstić information content (AvgIpc) is 2.84. The van der Waals surface area contributed by atoms with E-state index in [1.165, 1.54) is 18.4 Å². The summed E-state index contributed by atoms with van der Waals surface area (Å²) in [5.41, 5.74) is 0. The Morgan fingerprint density at radius 3 is 2.75 bits per heavy atom. The van der Waals surface area contributed by atoms with Gasteiger partial charge in [0.1, 0.15) is 11.8 Å². The number of nitrogens with zero attached hydrogens (tertiary/aromatic N) is 1. The van der Waals surface area contributed by atoms with Gasteiger partial charge in [-0.1, -0.05) is 0 Å². The van der Waals surface area contributed by atoms with Gasteiger partial charge in [0, 0.05) is 10.1 Å². The summed E-state index contributed by atoms with van der Waals surface area (Å²) in [6.45, 7) is 1.62. The zero-order valence-corrected chi connectivity index (χ0v) is 12.1. The maximum Gasteiger partial charge on any atom is 0.351 e. The number of carbonyl (C=O) groups excluding carboxylic acids is 1. The van der Waals surface area contributed by atoms with Gasteiger partial charge in [-0.15, -0.1) is 11.3 Å². The van der Waals surface area contributed by atoms with E-state index in [-0.39, 0.29) is 0 Å². The van der Waals surface area contributed by atoms with E-state index in [4.69, 9.17) is 19.5 Å². The van der Waals surface area contributed by atoms with Crippen LogP contribution in [0.2, 0.25) is 0 Å². The van der Waals surface area contributed by atoms with Gasteiger partial charge in [-0.3, -0.25) is 0 Å². The van der Waals surface area contributed by atoms with Crippen molar-refractivity contribution in [2.24, 2.45) is 0 Å². The third-order valence-electron chi connectivity index (χ3n) is 2.70. The zero-order valence-electron chi connectivity index (χ0n) is 11.3. The van der Waals surface area contributed by atoms with Crippen molar-refractivity contribution < 1.29 is 19.0 Å². The molecule has 2 aromatic rings. The lowest BCUT2D eigenvalue weighted by Gasteiger charge is -2.09. The molecule has 1 unspecified atom stereocenters. The highest BCUT2D eigenvalue weighted by Gasteiger charge is 2.22.